The van der Waals surface area contributed by atoms with Crippen molar-refractivity contribution in [2.75, 3.05) is 4.90 Å². The van der Waals surface area contributed by atoms with Gasteiger partial charge in [-0.3, -0.25) is 0 Å². The maximum absolute atomic E-state index is 2.82. The largest absolute Gasteiger partial charge is 0.311 e. The molecule has 0 unspecified atom stereocenters. The van der Waals surface area contributed by atoms with Crippen LogP contribution in [0.15, 0.2) is 170 Å². The molecule has 1 aliphatic heterocycles. The first kappa shape index (κ1) is 26.0. The van der Waals surface area contributed by atoms with Gasteiger partial charge in [0.2, 0.25) is 0 Å². The van der Waals surface area contributed by atoms with Crippen LogP contribution < -0.4 is 25.6 Å². The van der Waals surface area contributed by atoms with Crippen LogP contribution in [0.1, 0.15) is 11.1 Å². The monoisotopic (exact) mass is 589 g/mol. The molecule has 2 heteroatoms. The van der Waals surface area contributed by atoms with Gasteiger partial charge >= 0.3 is 0 Å². The number of allylic oxidation sites excluding steroid dienone is 1. The Labute approximate surface area is 265 Å². The fourth-order valence-corrected chi connectivity index (χ4v) is 13.2. The molecule has 0 N–H and O–H groups in total. The molecule has 0 spiro atoms. The minimum absolute atomic E-state index is 0.922. The van der Waals surface area contributed by atoms with Crippen molar-refractivity contribution in [3.05, 3.63) is 181 Å². The molecule has 0 fully saturated rings. The molecule has 212 valence electrons. The Morgan fingerprint density at radius 2 is 1.16 bits per heavy atom. The molecule has 1 aliphatic carbocycles. The molecular formula is C43H31NSi. The zero-order valence-electron chi connectivity index (χ0n) is 24.9. The van der Waals surface area contributed by atoms with Crippen LogP contribution in [0.4, 0.5) is 17.1 Å². The van der Waals surface area contributed by atoms with Gasteiger partial charge in [0, 0.05) is 17.1 Å². The lowest BCUT2D eigenvalue weighted by molar-refractivity contribution is 1.25. The summed E-state index contributed by atoms with van der Waals surface area (Å²) in [5.74, 6) is 0. The minimum Gasteiger partial charge on any atom is -0.311 e. The molecule has 0 atom stereocenters. The number of rotatable bonds is 4. The smallest absolute Gasteiger partial charge is 0.184 e. The number of nitrogens with zero attached hydrogens (tertiary/aromatic N) is 1. The van der Waals surface area contributed by atoms with Gasteiger partial charge < -0.3 is 4.90 Å². The van der Waals surface area contributed by atoms with E-state index in [0.717, 1.165) is 6.42 Å². The molecule has 2 aliphatic rings. The van der Waals surface area contributed by atoms with Gasteiger partial charge in [-0.25, -0.2) is 0 Å². The summed E-state index contributed by atoms with van der Waals surface area (Å²) >= 11 is 0. The molecule has 0 radical (unpaired) electrons. The molecular weight excluding hydrogens is 559 g/mol. The van der Waals surface area contributed by atoms with Crippen molar-refractivity contribution < 1.29 is 0 Å². The number of anilines is 3. The van der Waals surface area contributed by atoms with E-state index in [1.165, 1.54) is 70.8 Å². The molecule has 0 saturated carbocycles. The lowest BCUT2D eigenvalue weighted by Gasteiger charge is -2.47. The van der Waals surface area contributed by atoms with E-state index in [4.69, 9.17) is 0 Å². The number of fused-ring (bicyclic) bond motifs is 3. The van der Waals surface area contributed by atoms with Crippen LogP contribution in [-0.2, 0) is 6.42 Å². The Hall–Kier alpha value is -5.44. The van der Waals surface area contributed by atoms with Gasteiger partial charge in [0.1, 0.15) is 0 Å². The van der Waals surface area contributed by atoms with Gasteiger partial charge in [-0.05, 0) is 84.5 Å². The molecule has 0 aromatic heterocycles. The van der Waals surface area contributed by atoms with Crippen molar-refractivity contribution in [1.82, 2.24) is 0 Å². The first-order chi connectivity index (χ1) is 22.3. The van der Waals surface area contributed by atoms with Gasteiger partial charge in [-0.1, -0.05) is 152 Å². The molecule has 0 bridgehead atoms. The molecule has 7 aromatic rings. The second-order valence-electron chi connectivity index (χ2n) is 12.1. The van der Waals surface area contributed by atoms with Crippen LogP contribution in [0, 0.1) is 0 Å². The van der Waals surface area contributed by atoms with Crippen LogP contribution >= 0.6 is 0 Å². The summed E-state index contributed by atoms with van der Waals surface area (Å²) < 4.78 is 0. The zero-order valence-corrected chi connectivity index (χ0v) is 25.9. The van der Waals surface area contributed by atoms with Gasteiger partial charge in [0.15, 0.2) is 8.07 Å². The van der Waals surface area contributed by atoms with Crippen LogP contribution in [0.25, 0.3) is 28.0 Å². The van der Waals surface area contributed by atoms with Crippen molar-refractivity contribution in [3.8, 4) is 11.1 Å². The van der Waals surface area contributed by atoms with Crippen LogP contribution in [0.5, 0.6) is 0 Å². The van der Waals surface area contributed by atoms with Crippen molar-refractivity contribution in [1.29, 1.82) is 0 Å². The summed E-state index contributed by atoms with van der Waals surface area (Å²) in [6.07, 6.45) is 5.60. The fourth-order valence-electron chi connectivity index (χ4n) is 7.90. The highest BCUT2D eigenvalue weighted by Crippen LogP contribution is 2.43. The van der Waals surface area contributed by atoms with Gasteiger partial charge in [0.25, 0.3) is 0 Å². The SMILES string of the molecule is C1=Cc2cccc3cc4c(c(c23)C1)[Si](c1ccccc1)(c1ccccc1)c1ccc(-c2ccccc2)cc1N4c1ccccc1. The van der Waals surface area contributed by atoms with E-state index in [1.807, 2.05) is 0 Å². The standard InChI is InChI=1S/C43H31NSi/c1-5-15-31(16-6-1)33-27-28-41-39(29-33)44(35-20-7-2-8-21-35)40-30-34-19-13-17-32-18-14-26-38(42(32)34)43(40)45(41,36-22-9-3-10-23-36)37-24-11-4-12-25-37/h1-25,27-30H,26H2. The Bertz CT molecular complexity index is 2180. The van der Waals surface area contributed by atoms with E-state index in [-0.39, 0.29) is 0 Å². The van der Waals surface area contributed by atoms with Crippen molar-refractivity contribution in [2.45, 2.75) is 6.42 Å². The predicted octanol–water partition coefficient (Wildman–Crippen LogP) is 8.24. The molecule has 0 amide bonds. The average molecular weight is 590 g/mol. The van der Waals surface area contributed by atoms with E-state index in [1.54, 1.807) is 0 Å². The van der Waals surface area contributed by atoms with Crippen molar-refractivity contribution in [3.63, 3.8) is 0 Å². The average Bonchev–Trinajstić information content (AvgIpc) is 3.12. The lowest BCUT2D eigenvalue weighted by Crippen LogP contribution is -2.77. The number of hydrogen-bond donors (Lipinski definition) is 0. The molecule has 1 heterocycles. The van der Waals surface area contributed by atoms with Crippen LogP contribution in [0.3, 0.4) is 0 Å². The first-order valence-corrected chi connectivity index (χ1v) is 17.8. The fraction of sp³-hybridized carbons (Fsp3) is 0.0233. The second-order valence-corrected chi connectivity index (χ2v) is 15.7. The molecule has 1 nitrogen and oxygen atoms in total. The zero-order chi connectivity index (χ0) is 29.8. The highest BCUT2D eigenvalue weighted by atomic mass is 28.3. The summed E-state index contributed by atoms with van der Waals surface area (Å²) in [7, 11) is -2.82. The topological polar surface area (TPSA) is 3.24 Å². The third-order valence-electron chi connectivity index (χ3n) is 9.69. The van der Waals surface area contributed by atoms with Crippen LogP contribution in [0.2, 0.25) is 0 Å². The Balaban J connectivity index is 1.51. The highest BCUT2D eigenvalue weighted by molar-refractivity contribution is 7.21. The van der Waals surface area contributed by atoms with Crippen molar-refractivity contribution in [2.24, 2.45) is 0 Å². The van der Waals surface area contributed by atoms with E-state index < -0.39 is 8.07 Å². The first-order valence-electron chi connectivity index (χ1n) is 15.8. The van der Waals surface area contributed by atoms with Gasteiger partial charge in [0.05, 0.1) is 0 Å². The molecule has 45 heavy (non-hydrogen) atoms. The molecule has 0 saturated heterocycles. The number of benzene rings is 7. The lowest BCUT2D eigenvalue weighted by atomic mass is 9.91. The third-order valence-corrected chi connectivity index (χ3v) is 14.6. The van der Waals surface area contributed by atoms with E-state index in [9.17, 15) is 0 Å². The summed E-state index contributed by atoms with van der Waals surface area (Å²) in [6, 6.07) is 61.0. The van der Waals surface area contributed by atoms with E-state index in [2.05, 4.69) is 181 Å². The highest BCUT2D eigenvalue weighted by Gasteiger charge is 2.50. The Kier molecular flexibility index (Phi) is 5.97. The third kappa shape index (κ3) is 3.86. The van der Waals surface area contributed by atoms with Crippen LogP contribution in [-0.4, -0.2) is 8.07 Å². The molecule has 9 rings (SSSR count). The second kappa shape index (κ2) is 10.3. The summed E-state index contributed by atoms with van der Waals surface area (Å²) in [5, 5.41) is 8.48. The maximum atomic E-state index is 2.55. The Morgan fingerprint density at radius 1 is 0.511 bits per heavy atom. The van der Waals surface area contributed by atoms with E-state index >= 15 is 0 Å². The number of para-hydroxylation sites is 1. The minimum atomic E-state index is -2.82. The van der Waals surface area contributed by atoms with Gasteiger partial charge in [-0.15, -0.1) is 0 Å². The normalized spacial score (nSPS) is 14.2. The molecule has 7 aromatic carbocycles. The summed E-state index contributed by atoms with van der Waals surface area (Å²) in [5.41, 5.74) is 9.00. The summed E-state index contributed by atoms with van der Waals surface area (Å²) in [4.78, 5) is 2.55. The number of hydrogen-bond acceptors (Lipinski definition) is 1. The quantitative estimate of drug-likeness (QED) is 0.187. The van der Waals surface area contributed by atoms with E-state index in [0.29, 0.717) is 0 Å². The Morgan fingerprint density at radius 3 is 1.84 bits per heavy atom. The van der Waals surface area contributed by atoms with Crippen molar-refractivity contribution >= 4 is 62.7 Å². The predicted molar refractivity (Wildman–Crippen MR) is 194 cm³/mol. The summed E-state index contributed by atoms with van der Waals surface area (Å²) in [6.45, 7) is 0. The van der Waals surface area contributed by atoms with Gasteiger partial charge in [-0.2, -0.15) is 0 Å². The maximum Gasteiger partial charge on any atom is 0.184 e.